The van der Waals surface area contributed by atoms with E-state index in [0.29, 0.717) is 22.9 Å². The van der Waals surface area contributed by atoms with Crippen LogP contribution in [0.1, 0.15) is 55.3 Å². The Bertz CT molecular complexity index is 584. The van der Waals surface area contributed by atoms with Gasteiger partial charge in [0.25, 0.3) is 5.91 Å². The lowest BCUT2D eigenvalue weighted by Gasteiger charge is -2.10. The van der Waals surface area contributed by atoms with Crippen LogP contribution in [0.4, 0.5) is 0 Å². The SMILES string of the molecule is CCCCCCS(=O)c1nnc(C(=O)OC2(C(N)=O)CC2)s1. The number of ether oxygens (including phenoxy) is 1. The number of amides is 1. The van der Waals surface area contributed by atoms with Gasteiger partial charge in [-0.1, -0.05) is 37.5 Å². The number of nitrogens with two attached hydrogens (primary N) is 1. The van der Waals surface area contributed by atoms with Crippen molar-refractivity contribution in [3.05, 3.63) is 5.01 Å². The molecular formula is C13H19N3O4S2. The zero-order valence-corrected chi connectivity index (χ0v) is 14.0. The van der Waals surface area contributed by atoms with Crippen LogP contribution in [-0.4, -0.2) is 37.6 Å². The maximum Gasteiger partial charge on any atom is 0.370 e. The van der Waals surface area contributed by atoms with Gasteiger partial charge in [-0.2, -0.15) is 0 Å². The van der Waals surface area contributed by atoms with E-state index in [9.17, 15) is 13.8 Å². The minimum absolute atomic E-state index is 0.00410. The lowest BCUT2D eigenvalue weighted by atomic mass is 10.2. The van der Waals surface area contributed by atoms with E-state index in [1.165, 1.54) is 0 Å². The fraction of sp³-hybridized carbons (Fsp3) is 0.692. The van der Waals surface area contributed by atoms with Crippen molar-refractivity contribution in [1.82, 2.24) is 10.2 Å². The predicted molar refractivity (Wildman–Crippen MR) is 81.9 cm³/mol. The van der Waals surface area contributed by atoms with Gasteiger partial charge in [0.05, 0.1) is 10.8 Å². The number of carbonyl (C=O) groups is 2. The molecule has 0 bridgehead atoms. The van der Waals surface area contributed by atoms with Gasteiger partial charge in [0.2, 0.25) is 9.35 Å². The van der Waals surface area contributed by atoms with Crippen molar-refractivity contribution >= 4 is 34.0 Å². The van der Waals surface area contributed by atoms with Crippen molar-refractivity contribution in [3.63, 3.8) is 0 Å². The highest BCUT2D eigenvalue weighted by atomic mass is 32.2. The van der Waals surface area contributed by atoms with Crippen molar-refractivity contribution in [1.29, 1.82) is 0 Å². The second kappa shape index (κ2) is 7.28. The number of hydrogen-bond acceptors (Lipinski definition) is 7. The van der Waals surface area contributed by atoms with Crippen LogP contribution < -0.4 is 5.73 Å². The maximum absolute atomic E-state index is 12.0. The van der Waals surface area contributed by atoms with Crippen molar-refractivity contribution in [3.8, 4) is 0 Å². The minimum Gasteiger partial charge on any atom is -0.444 e. The molecule has 1 fully saturated rings. The third kappa shape index (κ3) is 4.10. The smallest absolute Gasteiger partial charge is 0.370 e. The molecule has 1 aliphatic carbocycles. The molecule has 1 aromatic heterocycles. The number of primary amides is 1. The molecule has 0 saturated heterocycles. The van der Waals surface area contributed by atoms with Crippen LogP contribution >= 0.6 is 11.3 Å². The lowest BCUT2D eigenvalue weighted by Crippen LogP contribution is -2.35. The molecule has 1 saturated carbocycles. The summed E-state index contributed by atoms with van der Waals surface area (Å²) in [7, 11) is -1.25. The molecule has 0 aromatic carbocycles. The highest BCUT2D eigenvalue weighted by molar-refractivity contribution is 7.87. The molecule has 1 aromatic rings. The van der Waals surface area contributed by atoms with Crippen LogP contribution in [0, 0.1) is 0 Å². The molecule has 0 spiro atoms. The Morgan fingerprint density at radius 1 is 1.32 bits per heavy atom. The summed E-state index contributed by atoms with van der Waals surface area (Å²) in [5.41, 5.74) is 4.02. The highest BCUT2D eigenvalue weighted by Gasteiger charge is 2.53. The van der Waals surface area contributed by atoms with Gasteiger partial charge in [-0.15, -0.1) is 10.2 Å². The first-order valence-corrected chi connectivity index (χ1v) is 9.37. The normalized spacial score (nSPS) is 17.0. The van der Waals surface area contributed by atoms with Crippen LogP contribution in [-0.2, 0) is 20.3 Å². The summed E-state index contributed by atoms with van der Waals surface area (Å²) in [6.07, 6.45) is 4.97. The summed E-state index contributed by atoms with van der Waals surface area (Å²) < 4.78 is 17.5. The molecule has 1 amide bonds. The monoisotopic (exact) mass is 345 g/mol. The van der Waals surface area contributed by atoms with E-state index in [1.807, 2.05) is 0 Å². The maximum atomic E-state index is 12.0. The summed E-state index contributed by atoms with van der Waals surface area (Å²) in [6, 6.07) is 0. The molecule has 122 valence electrons. The van der Waals surface area contributed by atoms with Crippen molar-refractivity contribution in [2.75, 3.05) is 5.75 Å². The van der Waals surface area contributed by atoms with Crippen molar-refractivity contribution in [2.24, 2.45) is 5.73 Å². The first-order valence-electron chi connectivity index (χ1n) is 7.23. The second-order valence-corrected chi connectivity index (χ2v) is 7.95. The van der Waals surface area contributed by atoms with E-state index < -0.39 is 28.3 Å². The van der Waals surface area contributed by atoms with Crippen LogP contribution in [0.2, 0.25) is 0 Å². The van der Waals surface area contributed by atoms with E-state index in [-0.39, 0.29) is 5.01 Å². The van der Waals surface area contributed by atoms with Crippen LogP contribution in [0.15, 0.2) is 4.34 Å². The quantitative estimate of drug-likeness (QED) is 0.535. The Labute approximate surface area is 135 Å². The van der Waals surface area contributed by atoms with E-state index in [4.69, 9.17) is 10.5 Å². The predicted octanol–water partition coefficient (Wildman–Crippen LogP) is 1.40. The first-order chi connectivity index (χ1) is 10.5. The van der Waals surface area contributed by atoms with Gasteiger partial charge in [0, 0.05) is 18.6 Å². The van der Waals surface area contributed by atoms with Gasteiger partial charge in [-0.3, -0.25) is 9.00 Å². The number of unbranched alkanes of at least 4 members (excludes halogenated alkanes) is 3. The van der Waals surface area contributed by atoms with Gasteiger partial charge in [-0.05, 0) is 6.42 Å². The minimum atomic E-state index is -1.25. The fourth-order valence-electron chi connectivity index (χ4n) is 1.86. The molecule has 7 nitrogen and oxygen atoms in total. The van der Waals surface area contributed by atoms with E-state index >= 15 is 0 Å². The first kappa shape index (κ1) is 17.0. The summed E-state index contributed by atoms with van der Waals surface area (Å²) in [5, 5.41) is 7.49. The number of hydrogen-bond donors (Lipinski definition) is 1. The van der Waals surface area contributed by atoms with Gasteiger partial charge < -0.3 is 10.5 Å². The Kier molecular flexibility index (Phi) is 5.63. The third-order valence-electron chi connectivity index (χ3n) is 3.40. The molecule has 1 aliphatic rings. The number of esters is 1. The van der Waals surface area contributed by atoms with Crippen LogP contribution in [0.25, 0.3) is 0 Å². The fourth-order valence-corrected chi connectivity index (χ4v) is 3.95. The van der Waals surface area contributed by atoms with Crippen LogP contribution in [0.3, 0.4) is 0 Å². The third-order valence-corrected chi connectivity index (χ3v) is 6.04. The lowest BCUT2D eigenvalue weighted by molar-refractivity contribution is -0.128. The topological polar surface area (TPSA) is 112 Å². The summed E-state index contributed by atoms with van der Waals surface area (Å²) in [5.74, 6) is -0.873. The molecule has 22 heavy (non-hydrogen) atoms. The molecule has 2 rings (SSSR count). The summed E-state index contributed by atoms with van der Waals surface area (Å²) in [6.45, 7) is 2.11. The molecule has 0 radical (unpaired) electrons. The van der Waals surface area contributed by atoms with Crippen molar-refractivity contribution in [2.45, 2.75) is 55.4 Å². The standard InChI is InChI=1S/C13H19N3O4S2/c1-2-3-4-5-8-22(19)12-16-15-9(21-12)10(17)20-13(6-7-13)11(14)18/h2-8H2,1H3,(H2,14,18). The number of aromatic nitrogens is 2. The molecule has 1 atom stereocenters. The number of rotatable bonds is 9. The molecule has 0 aliphatic heterocycles. The molecule has 1 heterocycles. The van der Waals surface area contributed by atoms with Gasteiger partial charge in [0.1, 0.15) is 0 Å². The average Bonchev–Trinajstić information content (AvgIpc) is 3.10. The Morgan fingerprint density at radius 3 is 2.64 bits per heavy atom. The zero-order chi connectivity index (χ0) is 16.2. The van der Waals surface area contributed by atoms with Crippen molar-refractivity contribution < 1.29 is 18.5 Å². The molecular weight excluding hydrogens is 326 g/mol. The zero-order valence-electron chi connectivity index (χ0n) is 12.4. The Balaban J connectivity index is 1.89. The molecule has 1 unspecified atom stereocenters. The Hall–Kier alpha value is -1.35. The second-order valence-electron chi connectivity index (χ2n) is 5.23. The Morgan fingerprint density at radius 2 is 2.05 bits per heavy atom. The molecule has 2 N–H and O–H groups in total. The average molecular weight is 345 g/mol. The van der Waals surface area contributed by atoms with Gasteiger partial charge in [-0.25, -0.2) is 4.79 Å². The van der Waals surface area contributed by atoms with E-state index in [2.05, 4.69) is 17.1 Å². The van der Waals surface area contributed by atoms with E-state index in [0.717, 1.165) is 37.0 Å². The summed E-state index contributed by atoms with van der Waals surface area (Å²) in [4.78, 5) is 23.1. The largest absolute Gasteiger partial charge is 0.444 e. The molecule has 9 heteroatoms. The van der Waals surface area contributed by atoms with Gasteiger partial charge in [0.15, 0.2) is 5.60 Å². The number of nitrogens with zero attached hydrogens (tertiary/aromatic N) is 2. The number of carbonyl (C=O) groups excluding carboxylic acids is 2. The van der Waals surface area contributed by atoms with Gasteiger partial charge >= 0.3 is 5.97 Å². The summed E-state index contributed by atoms with van der Waals surface area (Å²) >= 11 is 0.944. The van der Waals surface area contributed by atoms with E-state index in [1.54, 1.807) is 0 Å². The highest BCUT2D eigenvalue weighted by Crippen LogP contribution is 2.40. The van der Waals surface area contributed by atoms with Crippen LogP contribution in [0.5, 0.6) is 0 Å².